The van der Waals surface area contributed by atoms with Gasteiger partial charge in [0.1, 0.15) is 5.76 Å². The molecule has 0 bridgehead atoms. The summed E-state index contributed by atoms with van der Waals surface area (Å²) in [4.78, 5) is 19.1. The summed E-state index contributed by atoms with van der Waals surface area (Å²) in [5, 5.41) is 11.0. The van der Waals surface area contributed by atoms with Crippen LogP contribution in [0.25, 0.3) is 11.4 Å². The lowest BCUT2D eigenvalue weighted by Gasteiger charge is -2.34. The van der Waals surface area contributed by atoms with Gasteiger partial charge >= 0.3 is 0 Å². The predicted octanol–water partition coefficient (Wildman–Crippen LogP) is 1.88. The van der Waals surface area contributed by atoms with Crippen LogP contribution >= 0.6 is 0 Å². The van der Waals surface area contributed by atoms with Gasteiger partial charge in [0.2, 0.25) is 17.6 Å². The fraction of sp³-hybridized carbons (Fsp3) is 0.368. The monoisotopic (exact) mass is 367 g/mol. The van der Waals surface area contributed by atoms with Gasteiger partial charge < -0.3 is 14.4 Å². The quantitative estimate of drug-likeness (QED) is 0.735. The van der Waals surface area contributed by atoms with E-state index < -0.39 is 0 Å². The molecular weight excluding hydrogens is 346 g/mol. The second-order valence-corrected chi connectivity index (χ2v) is 6.66. The Morgan fingerprint density at radius 3 is 2.74 bits per heavy atom. The molecule has 1 fully saturated rings. The summed E-state index contributed by atoms with van der Waals surface area (Å²) in [6, 6.07) is 9.24. The molecular formula is C19H21N5O3. The second kappa shape index (κ2) is 7.32. The predicted molar refractivity (Wildman–Crippen MR) is 96.6 cm³/mol. The van der Waals surface area contributed by atoms with Gasteiger partial charge in [-0.25, -0.2) is 0 Å². The van der Waals surface area contributed by atoms with E-state index in [9.17, 15) is 4.79 Å². The van der Waals surface area contributed by atoms with Crippen molar-refractivity contribution in [2.75, 3.05) is 13.1 Å². The van der Waals surface area contributed by atoms with E-state index in [0.29, 0.717) is 31.2 Å². The molecule has 1 N–H and O–H groups in total. The van der Waals surface area contributed by atoms with Crippen LogP contribution in [0.1, 0.15) is 22.9 Å². The highest BCUT2D eigenvalue weighted by Crippen LogP contribution is 2.21. The first-order chi connectivity index (χ1) is 13.1. The molecule has 3 heterocycles. The molecule has 27 heavy (non-hydrogen) atoms. The van der Waals surface area contributed by atoms with Gasteiger partial charge in [0, 0.05) is 30.8 Å². The van der Waals surface area contributed by atoms with E-state index in [1.165, 1.54) is 0 Å². The highest BCUT2D eigenvalue weighted by atomic mass is 16.5. The number of nitrogens with one attached hydrogen (secondary N) is 1. The van der Waals surface area contributed by atoms with E-state index in [-0.39, 0.29) is 11.9 Å². The summed E-state index contributed by atoms with van der Waals surface area (Å²) in [6.45, 7) is 5.74. The summed E-state index contributed by atoms with van der Waals surface area (Å²) in [5.41, 5.74) is 2.75. The van der Waals surface area contributed by atoms with E-state index in [1.54, 1.807) is 0 Å². The van der Waals surface area contributed by atoms with E-state index >= 15 is 0 Å². The fourth-order valence-electron chi connectivity index (χ4n) is 3.31. The molecule has 1 amide bonds. The second-order valence-electron chi connectivity index (χ2n) is 6.66. The molecule has 0 spiro atoms. The Morgan fingerprint density at radius 1 is 1.19 bits per heavy atom. The summed E-state index contributed by atoms with van der Waals surface area (Å²) >= 11 is 0. The van der Waals surface area contributed by atoms with E-state index in [1.807, 2.05) is 44.2 Å². The van der Waals surface area contributed by atoms with E-state index in [0.717, 1.165) is 29.1 Å². The van der Waals surface area contributed by atoms with Crippen molar-refractivity contribution in [1.29, 1.82) is 0 Å². The molecule has 1 atom stereocenters. The van der Waals surface area contributed by atoms with Crippen molar-refractivity contribution in [3.63, 3.8) is 0 Å². The van der Waals surface area contributed by atoms with Crippen molar-refractivity contribution in [3.8, 4) is 11.4 Å². The molecule has 8 nitrogen and oxygen atoms in total. The van der Waals surface area contributed by atoms with Crippen molar-refractivity contribution < 1.29 is 13.8 Å². The molecule has 0 aliphatic carbocycles. The molecule has 0 radical (unpaired) electrons. The zero-order valence-corrected chi connectivity index (χ0v) is 15.3. The SMILES string of the molecule is Cc1noc(C)c1CN1CCNC(=O)C1Cc1nc(-c2ccccc2)no1. The van der Waals surface area contributed by atoms with Crippen LogP contribution in [-0.2, 0) is 17.8 Å². The minimum atomic E-state index is -0.378. The van der Waals surface area contributed by atoms with Crippen LogP contribution in [0.2, 0.25) is 0 Å². The summed E-state index contributed by atoms with van der Waals surface area (Å²) in [7, 11) is 0. The van der Waals surface area contributed by atoms with Gasteiger partial charge in [-0.3, -0.25) is 9.69 Å². The number of aryl methyl sites for hydroxylation is 2. The first-order valence-electron chi connectivity index (χ1n) is 8.93. The lowest BCUT2D eigenvalue weighted by atomic mass is 10.1. The maximum Gasteiger partial charge on any atom is 0.237 e. The lowest BCUT2D eigenvalue weighted by Crippen LogP contribution is -2.55. The fourth-order valence-corrected chi connectivity index (χ4v) is 3.31. The normalized spacial score (nSPS) is 17.9. The highest BCUT2D eigenvalue weighted by Gasteiger charge is 2.32. The van der Waals surface area contributed by atoms with Crippen LogP contribution in [0.5, 0.6) is 0 Å². The van der Waals surface area contributed by atoms with Gasteiger partial charge in [0.25, 0.3) is 0 Å². The number of aromatic nitrogens is 3. The van der Waals surface area contributed by atoms with Gasteiger partial charge in [-0.15, -0.1) is 0 Å². The Morgan fingerprint density at radius 2 is 2.00 bits per heavy atom. The number of nitrogens with zero attached hydrogens (tertiary/aromatic N) is 4. The van der Waals surface area contributed by atoms with Crippen molar-refractivity contribution in [3.05, 3.63) is 53.2 Å². The van der Waals surface area contributed by atoms with Crippen LogP contribution in [0.4, 0.5) is 0 Å². The van der Waals surface area contributed by atoms with Gasteiger partial charge in [0.15, 0.2) is 0 Å². The highest BCUT2D eigenvalue weighted by molar-refractivity contribution is 5.82. The van der Waals surface area contributed by atoms with Crippen LogP contribution in [0.15, 0.2) is 39.4 Å². The van der Waals surface area contributed by atoms with E-state index in [4.69, 9.17) is 9.05 Å². The zero-order valence-electron chi connectivity index (χ0n) is 15.3. The molecule has 0 saturated carbocycles. The molecule has 2 aromatic heterocycles. The van der Waals surface area contributed by atoms with Gasteiger partial charge in [-0.2, -0.15) is 4.98 Å². The Labute approximate surface area is 156 Å². The largest absolute Gasteiger partial charge is 0.361 e. The minimum Gasteiger partial charge on any atom is -0.361 e. The number of hydrogen-bond acceptors (Lipinski definition) is 7. The molecule has 1 saturated heterocycles. The topological polar surface area (TPSA) is 97.3 Å². The van der Waals surface area contributed by atoms with Crippen LogP contribution < -0.4 is 5.32 Å². The zero-order chi connectivity index (χ0) is 18.8. The molecule has 1 aromatic carbocycles. The number of hydrogen-bond donors (Lipinski definition) is 1. The van der Waals surface area contributed by atoms with Crippen molar-refractivity contribution in [2.24, 2.45) is 0 Å². The average molecular weight is 367 g/mol. The van der Waals surface area contributed by atoms with Gasteiger partial charge in [0.05, 0.1) is 18.2 Å². The third-order valence-corrected chi connectivity index (χ3v) is 4.85. The van der Waals surface area contributed by atoms with Crippen LogP contribution in [0, 0.1) is 13.8 Å². The van der Waals surface area contributed by atoms with Gasteiger partial charge in [-0.1, -0.05) is 40.6 Å². The Balaban J connectivity index is 1.53. The van der Waals surface area contributed by atoms with Gasteiger partial charge in [-0.05, 0) is 13.8 Å². The number of rotatable bonds is 5. The number of carbonyl (C=O) groups excluding carboxylic acids is 1. The first-order valence-corrected chi connectivity index (χ1v) is 8.93. The Hall–Kier alpha value is -3.00. The number of amides is 1. The average Bonchev–Trinajstić information content (AvgIpc) is 3.27. The molecule has 1 unspecified atom stereocenters. The summed E-state index contributed by atoms with van der Waals surface area (Å²) in [6.07, 6.45) is 0.356. The Bertz CT molecular complexity index is 914. The van der Waals surface area contributed by atoms with Crippen LogP contribution in [-0.4, -0.2) is 45.2 Å². The molecule has 1 aliphatic rings. The van der Waals surface area contributed by atoms with Crippen molar-refractivity contribution >= 4 is 5.91 Å². The number of carbonyl (C=O) groups is 1. The third kappa shape index (κ3) is 3.61. The standard InChI is InChI=1S/C19H21N5O3/c1-12-15(13(2)26-22-12)11-24-9-8-20-19(25)16(24)10-17-21-18(23-27-17)14-6-4-3-5-7-14/h3-7,16H,8-11H2,1-2H3,(H,20,25). The number of piperazine rings is 1. The first kappa shape index (κ1) is 17.4. The maximum atomic E-state index is 12.5. The minimum absolute atomic E-state index is 0.0347. The molecule has 3 aromatic rings. The molecule has 8 heteroatoms. The number of benzene rings is 1. The molecule has 4 rings (SSSR count). The van der Waals surface area contributed by atoms with Crippen molar-refractivity contribution in [1.82, 2.24) is 25.5 Å². The smallest absolute Gasteiger partial charge is 0.237 e. The molecule has 140 valence electrons. The maximum absolute atomic E-state index is 12.5. The van der Waals surface area contributed by atoms with Crippen LogP contribution in [0.3, 0.4) is 0 Å². The molecule has 1 aliphatic heterocycles. The Kier molecular flexibility index (Phi) is 4.72. The third-order valence-electron chi connectivity index (χ3n) is 4.85. The summed E-state index contributed by atoms with van der Waals surface area (Å²) in [5.74, 6) is 1.72. The van der Waals surface area contributed by atoms with Crippen molar-refractivity contribution in [2.45, 2.75) is 32.9 Å². The van der Waals surface area contributed by atoms with E-state index in [2.05, 4.69) is 25.5 Å². The summed E-state index contributed by atoms with van der Waals surface area (Å²) < 4.78 is 10.7. The lowest BCUT2D eigenvalue weighted by molar-refractivity contribution is -0.129.